The van der Waals surface area contributed by atoms with Crippen LogP contribution in [0.3, 0.4) is 0 Å². The maximum atomic E-state index is 6.28. The third-order valence-electron chi connectivity index (χ3n) is 4.54. The fraction of sp³-hybridized carbons (Fsp3) is 1.00. The summed E-state index contributed by atoms with van der Waals surface area (Å²) in [6, 6.07) is 1.35. The molecule has 2 aliphatic carbocycles. The first-order chi connectivity index (χ1) is 7.70. The predicted octanol–water partition coefficient (Wildman–Crippen LogP) is 2.62. The number of rotatable bonds is 5. The van der Waals surface area contributed by atoms with Gasteiger partial charge in [-0.05, 0) is 51.0 Å². The fourth-order valence-electron chi connectivity index (χ4n) is 3.30. The van der Waals surface area contributed by atoms with Gasteiger partial charge in [-0.25, -0.2) is 0 Å². The first-order valence-corrected chi connectivity index (χ1v) is 7.16. The molecule has 0 amide bonds. The van der Waals surface area contributed by atoms with Crippen LogP contribution in [0, 0.1) is 11.8 Å². The van der Waals surface area contributed by atoms with Crippen molar-refractivity contribution in [3.8, 4) is 0 Å². The molecule has 0 heterocycles. The molecule has 3 unspecified atom stereocenters. The second-order valence-electron chi connectivity index (χ2n) is 6.06. The molecule has 16 heavy (non-hydrogen) atoms. The van der Waals surface area contributed by atoms with Gasteiger partial charge in [-0.1, -0.05) is 19.8 Å². The summed E-state index contributed by atoms with van der Waals surface area (Å²) in [6.45, 7) is 3.55. The van der Waals surface area contributed by atoms with Crippen molar-refractivity contribution in [2.75, 3.05) is 13.6 Å². The van der Waals surface area contributed by atoms with Gasteiger partial charge in [0.25, 0.3) is 0 Å². The van der Waals surface area contributed by atoms with Gasteiger partial charge in [-0.15, -0.1) is 0 Å². The Hall–Kier alpha value is -0.0800. The molecule has 2 rings (SSSR count). The van der Waals surface area contributed by atoms with Crippen molar-refractivity contribution >= 4 is 0 Å². The standard InChI is InChI=1S/C14H28N2/c1-3-4-11-5-8-14(15)12(9-11)10-16(2)13-6-7-13/h11-14H,3-10,15H2,1-2H3. The van der Waals surface area contributed by atoms with Crippen LogP contribution in [0.25, 0.3) is 0 Å². The third-order valence-corrected chi connectivity index (χ3v) is 4.54. The molecule has 0 bridgehead atoms. The summed E-state index contributed by atoms with van der Waals surface area (Å²) in [5.41, 5.74) is 6.28. The van der Waals surface area contributed by atoms with Gasteiger partial charge in [-0.2, -0.15) is 0 Å². The van der Waals surface area contributed by atoms with E-state index in [1.807, 2.05) is 0 Å². The molecule has 0 saturated heterocycles. The van der Waals surface area contributed by atoms with Gasteiger partial charge >= 0.3 is 0 Å². The fourth-order valence-corrected chi connectivity index (χ4v) is 3.30. The van der Waals surface area contributed by atoms with Crippen molar-refractivity contribution in [3.05, 3.63) is 0 Å². The second-order valence-corrected chi connectivity index (χ2v) is 6.06. The lowest BCUT2D eigenvalue weighted by molar-refractivity contribution is 0.165. The molecule has 0 aromatic carbocycles. The molecule has 0 radical (unpaired) electrons. The zero-order valence-corrected chi connectivity index (χ0v) is 11.0. The van der Waals surface area contributed by atoms with Gasteiger partial charge in [0.05, 0.1) is 0 Å². The van der Waals surface area contributed by atoms with Crippen LogP contribution in [-0.4, -0.2) is 30.6 Å². The minimum absolute atomic E-state index is 0.467. The van der Waals surface area contributed by atoms with E-state index in [9.17, 15) is 0 Å². The van der Waals surface area contributed by atoms with Crippen LogP contribution < -0.4 is 5.73 Å². The largest absolute Gasteiger partial charge is 0.327 e. The maximum absolute atomic E-state index is 6.28. The average Bonchev–Trinajstić information content (AvgIpc) is 3.07. The smallest absolute Gasteiger partial charge is 0.00934 e. The minimum atomic E-state index is 0.467. The highest BCUT2D eigenvalue weighted by molar-refractivity contribution is 4.88. The second kappa shape index (κ2) is 5.50. The van der Waals surface area contributed by atoms with Crippen molar-refractivity contribution in [3.63, 3.8) is 0 Å². The summed E-state index contributed by atoms with van der Waals surface area (Å²) < 4.78 is 0. The van der Waals surface area contributed by atoms with Gasteiger partial charge < -0.3 is 10.6 Å². The van der Waals surface area contributed by atoms with Crippen molar-refractivity contribution in [2.45, 2.75) is 64.0 Å². The summed E-state index contributed by atoms with van der Waals surface area (Å²) in [6.07, 6.45) is 9.59. The molecule has 3 atom stereocenters. The SMILES string of the molecule is CCCC1CCC(N)C(CN(C)C2CC2)C1. The van der Waals surface area contributed by atoms with Gasteiger partial charge in [0, 0.05) is 18.6 Å². The van der Waals surface area contributed by atoms with Crippen LogP contribution in [-0.2, 0) is 0 Å². The minimum Gasteiger partial charge on any atom is -0.327 e. The molecule has 0 spiro atoms. The van der Waals surface area contributed by atoms with Crippen molar-refractivity contribution < 1.29 is 0 Å². The molecular weight excluding hydrogens is 196 g/mol. The molecule has 2 aliphatic rings. The molecule has 2 saturated carbocycles. The highest BCUT2D eigenvalue weighted by atomic mass is 15.2. The predicted molar refractivity (Wildman–Crippen MR) is 69.4 cm³/mol. The summed E-state index contributed by atoms with van der Waals surface area (Å²) in [5, 5.41) is 0. The van der Waals surface area contributed by atoms with Gasteiger partial charge in [-0.3, -0.25) is 0 Å². The van der Waals surface area contributed by atoms with Gasteiger partial charge in [0.1, 0.15) is 0 Å². The highest BCUT2D eigenvalue weighted by Crippen LogP contribution is 2.33. The number of hydrogen-bond donors (Lipinski definition) is 1. The highest BCUT2D eigenvalue weighted by Gasteiger charge is 2.32. The normalized spacial score (nSPS) is 35.6. The molecule has 2 heteroatoms. The van der Waals surface area contributed by atoms with E-state index in [1.165, 1.54) is 51.5 Å². The molecule has 0 aromatic heterocycles. The van der Waals surface area contributed by atoms with Crippen LogP contribution in [0.5, 0.6) is 0 Å². The lowest BCUT2D eigenvalue weighted by atomic mass is 9.76. The van der Waals surface area contributed by atoms with Crippen LogP contribution in [0.1, 0.15) is 51.9 Å². The maximum Gasteiger partial charge on any atom is 0.00934 e. The summed E-state index contributed by atoms with van der Waals surface area (Å²) in [7, 11) is 2.29. The van der Waals surface area contributed by atoms with E-state index < -0.39 is 0 Å². The molecule has 2 nitrogen and oxygen atoms in total. The van der Waals surface area contributed by atoms with Crippen molar-refractivity contribution in [2.24, 2.45) is 17.6 Å². The quantitative estimate of drug-likeness (QED) is 0.778. The number of nitrogens with zero attached hydrogens (tertiary/aromatic N) is 1. The summed E-state index contributed by atoms with van der Waals surface area (Å²) >= 11 is 0. The number of hydrogen-bond acceptors (Lipinski definition) is 2. The van der Waals surface area contributed by atoms with Crippen molar-refractivity contribution in [1.29, 1.82) is 0 Å². The zero-order valence-electron chi connectivity index (χ0n) is 11.0. The monoisotopic (exact) mass is 224 g/mol. The molecule has 2 N–H and O–H groups in total. The third kappa shape index (κ3) is 3.21. The Morgan fingerprint density at radius 1 is 1.19 bits per heavy atom. The Kier molecular flexibility index (Phi) is 4.26. The zero-order chi connectivity index (χ0) is 11.5. The Morgan fingerprint density at radius 2 is 1.94 bits per heavy atom. The Balaban J connectivity index is 1.80. The van der Waals surface area contributed by atoms with Crippen LogP contribution in [0.2, 0.25) is 0 Å². The van der Waals surface area contributed by atoms with E-state index in [4.69, 9.17) is 5.73 Å². The van der Waals surface area contributed by atoms with E-state index in [0.29, 0.717) is 6.04 Å². The van der Waals surface area contributed by atoms with E-state index in [2.05, 4.69) is 18.9 Å². The molecule has 0 aliphatic heterocycles. The van der Waals surface area contributed by atoms with Gasteiger partial charge in [0.15, 0.2) is 0 Å². The first-order valence-electron chi connectivity index (χ1n) is 7.16. The number of nitrogens with two attached hydrogens (primary N) is 1. The average molecular weight is 224 g/mol. The summed E-state index contributed by atoms with van der Waals surface area (Å²) in [4.78, 5) is 2.55. The van der Waals surface area contributed by atoms with Crippen LogP contribution in [0.15, 0.2) is 0 Å². The van der Waals surface area contributed by atoms with E-state index in [1.54, 1.807) is 0 Å². The van der Waals surface area contributed by atoms with Crippen LogP contribution >= 0.6 is 0 Å². The van der Waals surface area contributed by atoms with Crippen molar-refractivity contribution in [1.82, 2.24) is 4.90 Å². The Morgan fingerprint density at radius 3 is 2.56 bits per heavy atom. The molecule has 0 aromatic rings. The molecule has 2 fully saturated rings. The topological polar surface area (TPSA) is 29.3 Å². The van der Waals surface area contributed by atoms with E-state index in [-0.39, 0.29) is 0 Å². The Bertz CT molecular complexity index is 213. The Labute approximate surface area is 101 Å². The first kappa shape index (κ1) is 12.4. The lowest BCUT2D eigenvalue weighted by Gasteiger charge is -2.36. The van der Waals surface area contributed by atoms with Gasteiger partial charge in [0.2, 0.25) is 0 Å². The van der Waals surface area contributed by atoms with E-state index >= 15 is 0 Å². The van der Waals surface area contributed by atoms with E-state index in [0.717, 1.165) is 17.9 Å². The van der Waals surface area contributed by atoms with Crippen LogP contribution in [0.4, 0.5) is 0 Å². The molecule has 94 valence electrons. The molecular formula is C14H28N2. The lowest BCUT2D eigenvalue weighted by Crippen LogP contribution is -2.42. The summed E-state index contributed by atoms with van der Waals surface area (Å²) in [5.74, 6) is 1.72.